The first kappa shape index (κ1) is 28.5. The number of fused-ring (bicyclic) bond motifs is 1. The number of ether oxygens (including phenoxy) is 3. The molecule has 4 aromatic rings. The maximum absolute atomic E-state index is 13.8. The summed E-state index contributed by atoms with van der Waals surface area (Å²) < 4.78 is 18.2. The second-order valence-electron chi connectivity index (χ2n) is 9.66. The van der Waals surface area contributed by atoms with E-state index in [0.29, 0.717) is 34.6 Å². The van der Waals surface area contributed by atoms with Gasteiger partial charge < -0.3 is 14.2 Å². The van der Waals surface area contributed by atoms with Gasteiger partial charge in [-0.3, -0.25) is 4.79 Å². The van der Waals surface area contributed by atoms with Gasteiger partial charge in [0, 0.05) is 11.1 Å². The summed E-state index contributed by atoms with van der Waals surface area (Å²) in [6.45, 7) is 12.3. The lowest BCUT2D eigenvalue weighted by molar-refractivity contribution is -0.150. The number of aryl methyl sites for hydroxylation is 1. The van der Waals surface area contributed by atoms with Crippen molar-refractivity contribution in [3.05, 3.63) is 87.7 Å². The minimum Gasteiger partial charge on any atom is -0.494 e. The molecule has 0 amide bonds. The van der Waals surface area contributed by atoms with Crippen LogP contribution in [0.15, 0.2) is 70.6 Å². The summed E-state index contributed by atoms with van der Waals surface area (Å²) in [7, 11) is 0. The van der Waals surface area contributed by atoms with Gasteiger partial charge in [0.1, 0.15) is 11.5 Å². The SMILES string of the molecule is CCOC(=O)[C@H](C)Oc1ccccc1C=Nn1c(-c2cc(C(C)C)c(OCC)cc2C)nc2ccccc2c1=O. The van der Waals surface area contributed by atoms with Gasteiger partial charge in [0.25, 0.3) is 5.56 Å². The van der Waals surface area contributed by atoms with E-state index < -0.39 is 12.1 Å². The Kier molecular flexibility index (Phi) is 8.99. The highest BCUT2D eigenvalue weighted by atomic mass is 16.6. The second-order valence-corrected chi connectivity index (χ2v) is 9.66. The number of esters is 1. The fourth-order valence-electron chi connectivity index (χ4n) is 4.39. The van der Waals surface area contributed by atoms with E-state index in [1.165, 1.54) is 4.68 Å². The van der Waals surface area contributed by atoms with Crippen molar-refractivity contribution < 1.29 is 19.0 Å². The third-order valence-electron chi connectivity index (χ3n) is 6.43. The molecule has 1 heterocycles. The molecule has 0 aliphatic carbocycles. The molecule has 208 valence electrons. The van der Waals surface area contributed by atoms with Gasteiger partial charge in [-0.05, 0) is 81.1 Å². The summed E-state index contributed by atoms with van der Waals surface area (Å²) in [5, 5.41) is 5.07. The zero-order chi connectivity index (χ0) is 28.8. The molecule has 1 aromatic heterocycles. The maximum Gasteiger partial charge on any atom is 0.347 e. The fraction of sp³-hybridized carbons (Fsp3) is 0.312. The highest BCUT2D eigenvalue weighted by Gasteiger charge is 2.20. The molecular weight excluding hydrogens is 506 g/mol. The van der Waals surface area contributed by atoms with Crippen molar-refractivity contribution in [3.63, 3.8) is 0 Å². The van der Waals surface area contributed by atoms with Gasteiger partial charge >= 0.3 is 5.97 Å². The number of carbonyl (C=O) groups is 1. The average molecular weight is 542 g/mol. The van der Waals surface area contributed by atoms with Crippen molar-refractivity contribution in [1.82, 2.24) is 9.66 Å². The summed E-state index contributed by atoms with van der Waals surface area (Å²) >= 11 is 0. The van der Waals surface area contributed by atoms with E-state index in [1.807, 2.05) is 44.2 Å². The Labute approximate surface area is 234 Å². The lowest BCUT2D eigenvalue weighted by atomic mass is 9.96. The summed E-state index contributed by atoms with van der Waals surface area (Å²) in [4.78, 5) is 30.8. The first-order valence-electron chi connectivity index (χ1n) is 13.5. The van der Waals surface area contributed by atoms with Crippen LogP contribution in [0.3, 0.4) is 0 Å². The lowest BCUT2D eigenvalue weighted by Crippen LogP contribution is -2.26. The Balaban J connectivity index is 1.87. The van der Waals surface area contributed by atoms with Crippen LogP contribution in [0, 0.1) is 6.92 Å². The van der Waals surface area contributed by atoms with Gasteiger partial charge in [-0.2, -0.15) is 9.78 Å². The van der Waals surface area contributed by atoms with Crippen molar-refractivity contribution in [1.29, 1.82) is 0 Å². The Morgan fingerprint density at radius 2 is 1.73 bits per heavy atom. The van der Waals surface area contributed by atoms with Crippen LogP contribution in [0.4, 0.5) is 0 Å². The molecular formula is C32H35N3O5. The summed E-state index contributed by atoms with van der Waals surface area (Å²) in [5.41, 5.74) is 3.59. The average Bonchev–Trinajstić information content (AvgIpc) is 2.93. The molecule has 0 aliphatic heterocycles. The van der Waals surface area contributed by atoms with E-state index in [0.717, 1.165) is 22.4 Å². The van der Waals surface area contributed by atoms with E-state index in [2.05, 4.69) is 18.9 Å². The van der Waals surface area contributed by atoms with Crippen molar-refractivity contribution in [2.24, 2.45) is 5.10 Å². The van der Waals surface area contributed by atoms with E-state index in [1.54, 1.807) is 50.4 Å². The Morgan fingerprint density at radius 1 is 1.00 bits per heavy atom. The van der Waals surface area contributed by atoms with Crippen LogP contribution in [0.25, 0.3) is 22.3 Å². The molecule has 0 saturated heterocycles. The van der Waals surface area contributed by atoms with E-state index in [9.17, 15) is 9.59 Å². The lowest BCUT2D eigenvalue weighted by Gasteiger charge is -2.18. The first-order valence-corrected chi connectivity index (χ1v) is 13.5. The molecule has 0 fully saturated rings. The number of para-hydroxylation sites is 2. The van der Waals surface area contributed by atoms with Crippen LogP contribution >= 0.6 is 0 Å². The molecule has 40 heavy (non-hydrogen) atoms. The highest BCUT2D eigenvalue weighted by molar-refractivity contribution is 5.85. The molecule has 0 N–H and O–H groups in total. The van der Waals surface area contributed by atoms with Gasteiger partial charge in [-0.25, -0.2) is 9.78 Å². The summed E-state index contributed by atoms with van der Waals surface area (Å²) in [5.74, 6) is 1.41. The number of hydrogen-bond donors (Lipinski definition) is 0. The molecule has 0 saturated carbocycles. The van der Waals surface area contributed by atoms with Crippen LogP contribution in [0.1, 0.15) is 57.2 Å². The zero-order valence-corrected chi connectivity index (χ0v) is 23.8. The van der Waals surface area contributed by atoms with Gasteiger partial charge in [-0.15, -0.1) is 0 Å². The van der Waals surface area contributed by atoms with Crippen LogP contribution in [-0.2, 0) is 9.53 Å². The molecule has 0 unspecified atom stereocenters. The smallest absolute Gasteiger partial charge is 0.347 e. The minimum absolute atomic E-state index is 0.190. The molecule has 8 heteroatoms. The van der Waals surface area contributed by atoms with Crippen LogP contribution in [0.2, 0.25) is 0 Å². The monoisotopic (exact) mass is 541 g/mol. The molecule has 0 radical (unpaired) electrons. The first-order chi connectivity index (χ1) is 19.2. The minimum atomic E-state index is -0.809. The topological polar surface area (TPSA) is 92.0 Å². The van der Waals surface area contributed by atoms with Gasteiger partial charge in [0.2, 0.25) is 0 Å². The third-order valence-corrected chi connectivity index (χ3v) is 6.43. The Hall–Kier alpha value is -4.46. The zero-order valence-electron chi connectivity index (χ0n) is 23.8. The molecule has 4 rings (SSSR count). The molecule has 0 bridgehead atoms. The van der Waals surface area contributed by atoms with E-state index in [-0.39, 0.29) is 18.1 Å². The molecule has 0 aliphatic rings. The summed E-state index contributed by atoms with van der Waals surface area (Å²) in [6.07, 6.45) is 0.734. The number of carbonyl (C=O) groups excluding carboxylic acids is 1. The number of aromatic nitrogens is 2. The predicted molar refractivity (Wildman–Crippen MR) is 158 cm³/mol. The molecule has 1 atom stereocenters. The van der Waals surface area contributed by atoms with Crippen molar-refractivity contribution >= 4 is 23.1 Å². The van der Waals surface area contributed by atoms with Crippen LogP contribution in [0.5, 0.6) is 11.5 Å². The van der Waals surface area contributed by atoms with Crippen molar-refractivity contribution in [2.75, 3.05) is 13.2 Å². The van der Waals surface area contributed by atoms with Gasteiger partial charge in [0.15, 0.2) is 11.9 Å². The van der Waals surface area contributed by atoms with Crippen molar-refractivity contribution in [3.8, 4) is 22.9 Å². The second kappa shape index (κ2) is 12.6. The number of nitrogens with zero attached hydrogens (tertiary/aromatic N) is 3. The largest absolute Gasteiger partial charge is 0.494 e. The predicted octanol–water partition coefficient (Wildman–Crippen LogP) is 6.11. The number of benzene rings is 3. The van der Waals surface area contributed by atoms with Crippen LogP contribution in [-0.4, -0.2) is 41.2 Å². The molecule has 3 aromatic carbocycles. The maximum atomic E-state index is 13.8. The normalized spacial score (nSPS) is 12.2. The quantitative estimate of drug-likeness (QED) is 0.178. The number of rotatable bonds is 10. The standard InChI is InChI=1S/C32H35N3O5/c1-7-38-29-17-21(5)26(18-25(29)20(3)4)30-34-27-15-11-10-14-24(27)31(36)35(30)33-19-23-13-9-12-16-28(23)40-22(6)32(37)39-8-2/h9-20,22H,7-8H2,1-6H3/t22-/m0/s1. The number of hydrogen-bond acceptors (Lipinski definition) is 7. The molecule has 0 spiro atoms. The third kappa shape index (κ3) is 6.06. The molecule has 8 nitrogen and oxygen atoms in total. The van der Waals surface area contributed by atoms with E-state index in [4.69, 9.17) is 19.2 Å². The van der Waals surface area contributed by atoms with Gasteiger partial charge in [-0.1, -0.05) is 38.1 Å². The van der Waals surface area contributed by atoms with E-state index >= 15 is 0 Å². The Morgan fingerprint density at radius 3 is 2.45 bits per heavy atom. The fourth-order valence-corrected chi connectivity index (χ4v) is 4.39. The van der Waals surface area contributed by atoms with Crippen LogP contribution < -0.4 is 15.0 Å². The van der Waals surface area contributed by atoms with Gasteiger partial charge in [0.05, 0.1) is 30.3 Å². The van der Waals surface area contributed by atoms with Crippen molar-refractivity contribution in [2.45, 2.75) is 53.6 Å². The highest BCUT2D eigenvalue weighted by Crippen LogP contribution is 2.34. The summed E-state index contributed by atoms with van der Waals surface area (Å²) in [6, 6.07) is 18.4. The Bertz CT molecular complexity index is 1610.